The van der Waals surface area contributed by atoms with Crippen molar-refractivity contribution in [1.29, 1.82) is 0 Å². The van der Waals surface area contributed by atoms with E-state index >= 15 is 0 Å². The first-order valence-electron chi connectivity index (χ1n) is 5.80. The second-order valence-electron chi connectivity index (χ2n) is 4.32. The van der Waals surface area contributed by atoms with E-state index < -0.39 is 0 Å². The Bertz CT molecular complexity index is 510. The minimum atomic E-state index is -0.385. The van der Waals surface area contributed by atoms with Crippen molar-refractivity contribution in [3.63, 3.8) is 0 Å². The third kappa shape index (κ3) is 4.13. The van der Waals surface area contributed by atoms with E-state index in [1.54, 1.807) is 0 Å². The maximum atomic E-state index is 10.1. The van der Waals surface area contributed by atoms with Crippen LogP contribution in [0.15, 0.2) is 53.0 Å². The van der Waals surface area contributed by atoms with Gasteiger partial charge in [-0.25, -0.2) is 0 Å². The summed E-state index contributed by atoms with van der Waals surface area (Å²) in [5.74, 6) is 0. The zero-order valence-electron chi connectivity index (χ0n) is 9.81. The normalized spacial score (nSPS) is 12.4. The second-order valence-corrected chi connectivity index (χ2v) is 5.67. The standard InChI is InChI=1S/C15H14BrClO/c16-13-6-4-11(5-7-13)9-15(18)10-12-2-1-3-14(17)8-12/h1-8,15,18H,9-10H2. The first kappa shape index (κ1) is 13.6. The molecule has 0 saturated carbocycles. The largest absolute Gasteiger partial charge is 0.392 e. The predicted molar refractivity (Wildman–Crippen MR) is 79.0 cm³/mol. The summed E-state index contributed by atoms with van der Waals surface area (Å²) in [6, 6.07) is 15.6. The highest BCUT2D eigenvalue weighted by Gasteiger charge is 2.07. The van der Waals surface area contributed by atoms with Gasteiger partial charge in [-0.1, -0.05) is 51.8 Å². The van der Waals surface area contributed by atoms with Crippen molar-refractivity contribution < 1.29 is 5.11 Å². The van der Waals surface area contributed by atoms with Crippen LogP contribution in [-0.4, -0.2) is 11.2 Å². The molecule has 0 fully saturated rings. The number of halogens is 2. The summed E-state index contributed by atoms with van der Waals surface area (Å²) in [7, 11) is 0. The van der Waals surface area contributed by atoms with Gasteiger partial charge in [-0.2, -0.15) is 0 Å². The fourth-order valence-electron chi connectivity index (χ4n) is 1.90. The maximum Gasteiger partial charge on any atom is 0.0620 e. The number of hydrogen-bond donors (Lipinski definition) is 1. The fraction of sp³-hybridized carbons (Fsp3) is 0.200. The molecule has 0 aromatic heterocycles. The lowest BCUT2D eigenvalue weighted by Crippen LogP contribution is -2.13. The summed E-state index contributed by atoms with van der Waals surface area (Å²) in [6.45, 7) is 0. The Morgan fingerprint density at radius 1 is 1.00 bits per heavy atom. The molecule has 1 N–H and O–H groups in total. The topological polar surface area (TPSA) is 20.2 Å². The summed E-state index contributed by atoms with van der Waals surface area (Å²) in [5, 5.41) is 10.8. The smallest absolute Gasteiger partial charge is 0.0620 e. The maximum absolute atomic E-state index is 10.1. The van der Waals surface area contributed by atoms with E-state index in [-0.39, 0.29) is 6.10 Å². The highest BCUT2D eigenvalue weighted by atomic mass is 79.9. The first-order valence-corrected chi connectivity index (χ1v) is 6.97. The number of aliphatic hydroxyl groups excluding tert-OH is 1. The molecule has 3 heteroatoms. The van der Waals surface area contributed by atoms with E-state index in [4.69, 9.17) is 11.6 Å². The highest BCUT2D eigenvalue weighted by molar-refractivity contribution is 9.10. The molecule has 2 rings (SSSR count). The third-order valence-electron chi connectivity index (χ3n) is 2.74. The molecule has 0 aliphatic carbocycles. The Hall–Kier alpha value is -0.830. The molecule has 0 bridgehead atoms. The Kier molecular flexibility index (Phi) is 4.81. The van der Waals surface area contributed by atoms with Crippen LogP contribution in [0.3, 0.4) is 0 Å². The Labute approximate surface area is 121 Å². The molecule has 18 heavy (non-hydrogen) atoms. The van der Waals surface area contributed by atoms with E-state index in [0.29, 0.717) is 17.9 Å². The molecule has 1 unspecified atom stereocenters. The van der Waals surface area contributed by atoms with Crippen LogP contribution in [0, 0.1) is 0 Å². The second kappa shape index (κ2) is 6.37. The zero-order valence-corrected chi connectivity index (χ0v) is 12.2. The molecule has 0 aliphatic heterocycles. The van der Waals surface area contributed by atoms with Gasteiger partial charge in [0.2, 0.25) is 0 Å². The van der Waals surface area contributed by atoms with E-state index in [1.165, 1.54) is 0 Å². The number of benzene rings is 2. The molecule has 0 spiro atoms. The third-order valence-corrected chi connectivity index (χ3v) is 3.51. The van der Waals surface area contributed by atoms with Crippen LogP contribution in [0.4, 0.5) is 0 Å². The van der Waals surface area contributed by atoms with Crippen LogP contribution in [0.5, 0.6) is 0 Å². The minimum absolute atomic E-state index is 0.385. The van der Waals surface area contributed by atoms with Crippen LogP contribution in [0.2, 0.25) is 5.02 Å². The Morgan fingerprint density at radius 3 is 2.33 bits per heavy atom. The van der Waals surface area contributed by atoms with Crippen molar-refractivity contribution in [2.45, 2.75) is 18.9 Å². The van der Waals surface area contributed by atoms with Crippen molar-refractivity contribution in [3.8, 4) is 0 Å². The van der Waals surface area contributed by atoms with Crippen LogP contribution >= 0.6 is 27.5 Å². The fourth-order valence-corrected chi connectivity index (χ4v) is 2.38. The van der Waals surface area contributed by atoms with E-state index in [2.05, 4.69) is 15.9 Å². The average molecular weight is 326 g/mol. The highest BCUT2D eigenvalue weighted by Crippen LogP contribution is 2.15. The lowest BCUT2D eigenvalue weighted by molar-refractivity contribution is 0.175. The molecule has 0 radical (unpaired) electrons. The van der Waals surface area contributed by atoms with Gasteiger partial charge in [-0.15, -0.1) is 0 Å². The molecule has 2 aromatic rings. The molecular weight excluding hydrogens is 312 g/mol. The van der Waals surface area contributed by atoms with Crippen molar-refractivity contribution in [2.75, 3.05) is 0 Å². The van der Waals surface area contributed by atoms with Crippen molar-refractivity contribution in [3.05, 3.63) is 69.2 Å². The van der Waals surface area contributed by atoms with Crippen molar-refractivity contribution >= 4 is 27.5 Å². The SMILES string of the molecule is OC(Cc1ccc(Br)cc1)Cc1cccc(Cl)c1. The average Bonchev–Trinajstić information content (AvgIpc) is 2.32. The van der Waals surface area contributed by atoms with Crippen LogP contribution in [0.1, 0.15) is 11.1 Å². The van der Waals surface area contributed by atoms with Crippen LogP contribution < -0.4 is 0 Å². The molecule has 2 aromatic carbocycles. The molecule has 0 saturated heterocycles. The van der Waals surface area contributed by atoms with Gasteiger partial charge in [-0.05, 0) is 48.2 Å². The van der Waals surface area contributed by atoms with Crippen LogP contribution in [-0.2, 0) is 12.8 Å². The van der Waals surface area contributed by atoms with E-state index in [1.807, 2.05) is 48.5 Å². The molecule has 0 heterocycles. The molecule has 0 aliphatic rings. The molecule has 1 atom stereocenters. The number of aliphatic hydroxyl groups is 1. The first-order chi connectivity index (χ1) is 8.63. The molecule has 94 valence electrons. The summed E-state index contributed by atoms with van der Waals surface area (Å²) in [5.41, 5.74) is 2.19. The van der Waals surface area contributed by atoms with Crippen molar-refractivity contribution in [1.82, 2.24) is 0 Å². The molecule has 1 nitrogen and oxygen atoms in total. The van der Waals surface area contributed by atoms with E-state index in [0.717, 1.165) is 15.6 Å². The van der Waals surface area contributed by atoms with Crippen molar-refractivity contribution in [2.24, 2.45) is 0 Å². The Morgan fingerprint density at radius 2 is 1.67 bits per heavy atom. The summed E-state index contributed by atoms with van der Waals surface area (Å²) in [6.07, 6.45) is 0.890. The minimum Gasteiger partial charge on any atom is -0.392 e. The van der Waals surface area contributed by atoms with Gasteiger partial charge < -0.3 is 5.11 Å². The van der Waals surface area contributed by atoms with Gasteiger partial charge in [0.25, 0.3) is 0 Å². The Balaban J connectivity index is 1.96. The molecule has 0 amide bonds. The lowest BCUT2D eigenvalue weighted by Gasteiger charge is -2.11. The summed E-state index contributed by atoms with van der Waals surface area (Å²) < 4.78 is 1.05. The van der Waals surface area contributed by atoms with Gasteiger partial charge in [0.05, 0.1) is 6.10 Å². The number of hydrogen-bond acceptors (Lipinski definition) is 1. The van der Waals surface area contributed by atoms with Gasteiger partial charge in [0, 0.05) is 9.50 Å². The summed E-state index contributed by atoms with van der Waals surface area (Å²) >= 11 is 9.32. The van der Waals surface area contributed by atoms with E-state index in [9.17, 15) is 5.11 Å². The van der Waals surface area contributed by atoms with Gasteiger partial charge in [-0.3, -0.25) is 0 Å². The van der Waals surface area contributed by atoms with Gasteiger partial charge >= 0.3 is 0 Å². The van der Waals surface area contributed by atoms with Crippen LogP contribution in [0.25, 0.3) is 0 Å². The van der Waals surface area contributed by atoms with Gasteiger partial charge in [0.1, 0.15) is 0 Å². The predicted octanol–water partition coefficient (Wildman–Crippen LogP) is 4.25. The number of rotatable bonds is 4. The monoisotopic (exact) mass is 324 g/mol. The summed E-state index contributed by atoms with van der Waals surface area (Å²) in [4.78, 5) is 0. The van der Waals surface area contributed by atoms with Gasteiger partial charge in [0.15, 0.2) is 0 Å². The molecular formula is C15H14BrClO. The quantitative estimate of drug-likeness (QED) is 0.891. The zero-order chi connectivity index (χ0) is 13.0. The lowest BCUT2D eigenvalue weighted by atomic mass is 10.0.